The number of carbonyl (C=O) groups excluding carboxylic acids is 1. The number of ether oxygens (including phenoxy) is 1. The second-order valence-corrected chi connectivity index (χ2v) is 6.60. The van der Waals surface area contributed by atoms with Crippen LogP contribution in [0.4, 0.5) is 26.2 Å². The normalized spacial score (nSPS) is 10.8. The van der Waals surface area contributed by atoms with Crippen LogP contribution in [0.25, 0.3) is 11.0 Å². The topological polar surface area (TPSA) is 72.3 Å². The number of rotatable bonds is 6. The molecule has 0 aliphatic heterocycles. The van der Waals surface area contributed by atoms with Crippen LogP contribution in [-0.2, 0) is 11.8 Å². The van der Waals surface area contributed by atoms with Crippen LogP contribution in [-0.4, -0.2) is 28.0 Å². The van der Waals surface area contributed by atoms with Crippen LogP contribution >= 0.6 is 0 Å². The number of halogens is 2. The summed E-state index contributed by atoms with van der Waals surface area (Å²) in [4.78, 5) is 20.8. The third kappa shape index (κ3) is 3.90. The van der Waals surface area contributed by atoms with E-state index in [-0.39, 0.29) is 5.69 Å². The first kappa shape index (κ1) is 19.3. The molecule has 7 nitrogen and oxygen atoms in total. The Balaban J connectivity index is 1.61. The smallest absolute Gasteiger partial charge is 0.215 e. The molecule has 0 fully saturated rings. The first-order valence-corrected chi connectivity index (χ1v) is 8.94. The van der Waals surface area contributed by atoms with Crippen molar-refractivity contribution in [2.75, 3.05) is 17.3 Å². The number of amides is 1. The zero-order valence-corrected chi connectivity index (χ0v) is 16.1. The molecule has 0 radical (unpaired) electrons. The van der Waals surface area contributed by atoms with Crippen LogP contribution < -0.4 is 15.0 Å². The minimum absolute atomic E-state index is 0.256. The molecule has 0 unspecified atom stereocenters. The molecule has 9 heteroatoms. The lowest BCUT2D eigenvalue weighted by molar-refractivity contribution is -0.107. The zero-order valence-electron chi connectivity index (χ0n) is 16.1. The molecule has 2 aromatic heterocycles. The fourth-order valence-electron chi connectivity index (χ4n) is 2.96. The van der Waals surface area contributed by atoms with Crippen molar-refractivity contribution in [3.05, 3.63) is 66.4 Å². The number of nitrogens with zero attached hydrogens (tertiary/aromatic N) is 4. The van der Waals surface area contributed by atoms with Crippen LogP contribution in [0.1, 0.15) is 0 Å². The summed E-state index contributed by atoms with van der Waals surface area (Å²) in [7, 11) is 3.39. The maximum atomic E-state index is 13.4. The van der Waals surface area contributed by atoms with Crippen LogP contribution in [0.2, 0.25) is 0 Å². The van der Waals surface area contributed by atoms with Gasteiger partial charge < -0.3 is 19.5 Å². The average Bonchev–Trinajstić information content (AvgIpc) is 3.01. The molecular formula is C21H17F2N5O2. The standard InChI is InChI=1S/C21H17F2N5O2/c1-27(12-29)20-11-17(5-6-24-20)30-16-3-4-19-18(10-16)26-21(28(19)2)25-15-8-13(22)7-14(23)9-15/h3-12H,1-2H3,(H,25,26). The third-order valence-corrected chi connectivity index (χ3v) is 4.44. The van der Waals surface area contributed by atoms with E-state index in [1.165, 1.54) is 17.0 Å². The highest BCUT2D eigenvalue weighted by Gasteiger charge is 2.11. The highest BCUT2D eigenvalue weighted by Crippen LogP contribution is 2.29. The number of pyridine rings is 1. The molecular weight excluding hydrogens is 392 g/mol. The van der Waals surface area contributed by atoms with E-state index in [1.807, 2.05) is 6.07 Å². The van der Waals surface area contributed by atoms with Gasteiger partial charge in [-0.15, -0.1) is 0 Å². The Bertz CT molecular complexity index is 1220. The lowest BCUT2D eigenvalue weighted by Crippen LogP contribution is -2.14. The number of aryl methyl sites for hydroxylation is 1. The molecule has 0 aliphatic rings. The van der Waals surface area contributed by atoms with Crippen molar-refractivity contribution >= 4 is 34.9 Å². The van der Waals surface area contributed by atoms with Gasteiger partial charge >= 0.3 is 0 Å². The summed E-state index contributed by atoms with van der Waals surface area (Å²) in [5.74, 6) is 0.571. The summed E-state index contributed by atoms with van der Waals surface area (Å²) in [6.07, 6.45) is 2.20. The lowest BCUT2D eigenvalue weighted by atomic mass is 10.3. The van der Waals surface area contributed by atoms with E-state index in [0.29, 0.717) is 35.2 Å². The fraction of sp³-hybridized carbons (Fsp3) is 0.0952. The highest BCUT2D eigenvalue weighted by atomic mass is 19.1. The predicted molar refractivity (Wildman–Crippen MR) is 109 cm³/mol. The largest absolute Gasteiger partial charge is 0.457 e. The molecule has 0 bridgehead atoms. The van der Waals surface area contributed by atoms with Crippen molar-refractivity contribution in [3.8, 4) is 11.5 Å². The summed E-state index contributed by atoms with van der Waals surface area (Å²) in [5, 5.41) is 2.92. The van der Waals surface area contributed by atoms with Gasteiger partial charge in [0, 0.05) is 44.2 Å². The molecule has 0 aliphatic carbocycles. The Morgan fingerprint density at radius 2 is 1.80 bits per heavy atom. The van der Waals surface area contributed by atoms with Crippen molar-refractivity contribution in [3.63, 3.8) is 0 Å². The van der Waals surface area contributed by atoms with Gasteiger partial charge in [0.15, 0.2) is 0 Å². The summed E-state index contributed by atoms with van der Waals surface area (Å²) >= 11 is 0. The summed E-state index contributed by atoms with van der Waals surface area (Å²) < 4.78 is 34.5. The number of nitrogens with one attached hydrogen (secondary N) is 1. The fourth-order valence-corrected chi connectivity index (χ4v) is 2.96. The number of hydrogen-bond donors (Lipinski definition) is 1. The number of carbonyl (C=O) groups is 1. The Hall–Kier alpha value is -4.01. The molecule has 0 saturated heterocycles. The second kappa shape index (κ2) is 7.78. The van der Waals surface area contributed by atoms with E-state index in [1.54, 1.807) is 49.1 Å². The van der Waals surface area contributed by atoms with Gasteiger partial charge in [0.25, 0.3) is 0 Å². The zero-order chi connectivity index (χ0) is 21.3. The third-order valence-electron chi connectivity index (χ3n) is 4.44. The Morgan fingerprint density at radius 1 is 1.07 bits per heavy atom. The van der Waals surface area contributed by atoms with Gasteiger partial charge in [-0.3, -0.25) is 4.79 Å². The van der Waals surface area contributed by atoms with Crippen LogP contribution in [0.5, 0.6) is 11.5 Å². The quantitative estimate of drug-likeness (QED) is 0.479. The number of fused-ring (bicyclic) bond motifs is 1. The molecule has 0 saturated carbocycles. The van der Waals surface area contributed by atoms with Crippen LogP contribution in [0, 0.1) is 11.6 Å². The minimum Gasteiger partial charge on any atom is -0.457 e. The summed E-state index contributed by atoms with van der Waals surface area (Å²) in [5.41, 5.74) is 1.69. The van der Waals surface area contributed by atoms with E-state index in [4.69, 9.17) is 4.74 Å². The molecule has 4 aromatic rings. The van der Waals surface area contributed by atoms with Gasteiger partial charge in [0.1, 0.15) is 29.0 Å². The van der Waals surface area contributed by atoms with Gasteiger partial charge in [-0.2, -0.15) is 0 Å². The van der Waals surface area contributed by atoms with E-state index >= 15 is 0 Å². The molecule has 152 valence electrons. The van der Waals surface area contributed by atoms with E-state index < -0.39 is 11.6 Å². The van der Waals surface area contributed by atoms with Gasteiger partial charge in [-0.1, -0.05) is 0 Å². The molecule has 1 amide bonds. The second-order valence-electron chi connectivity index (χ2n) is 6.60. The average molecular weight is 409 g/mol. The SMILES string of the molecule is CN(C=O)c1cc(Oc2ccc3c(c2)nc(Nc2cc(F)cc(F)c2)n3C)ccn1. The maximum Gasteiger partial charge on any atom is 0.215 e. The first-order chi connectivity index (χ1) is 14.4. The van der Waals surface area contributed by atoms with E-state index in [9.17, 15) is 13.6 Å². The summed E-state index contributed by atoms with van der Waals surface area (Å²) in [6, 6.07) is 11.9. The number of benzene rings is 2. The highest BCUT2D eigenvalue weighted by molar-refractivity contribution is 5.81. The van der Waals surface area contributed by atoms with Crippen molar-refractivity contribution in [1.29, 1.82) is 0 Å². The molecule has 4 rings (SSSR count). The monoisotopic (exact) mass is 409 g/mol. The van der Waals surface area contributed by atoms with Crippen LogP contribution in [0.15, 0.2) is 54.7 Å². The molecule has 0 atom stereocenters. The molecule has 30 heavy (non-hydrogen) atoms. The predicted octanol–water partition coefficient (Wildman–Crippen LogP) is 4.38. The van der Waals surface area contributed by atoms with Crippen molar-refractivity contribution in [1.82, 2.24) is 14.5 Å². The molecule has 2 heterocycles. The van der Waals surface area contributed by atoms with Crippen molar-refractivity contribution < 1.29 is 18.3 Å². The Labute approximate surface area is 170 Å². The minimum atomic E-state index is -0.677. The molecule has 0 spiro atoms. The Kier molecular flexibility index (Phi) is 5.01. The summed E-state index contributed by atoms with van der Waals surface area (Å²) in [6.45, 7) is 0. The van der Waals surface area contributed by atoms with Gasteiger partial charge in [-0.05, 0) is 30.3 Å². The maximum absolute atomic E-state index is 13.4. The number of anilines is 3. The lowest BCUT2D eigenvalue weighted by Gasteiger charge is -2.11. The first-order valence-electron chi connectivity index (χ1n) is 8.94. The van der Waals surface area contributed by atoms with Crippen molar-refractivity contribution in [2.45, 2.75) is 0 Å². The number of aromatic nitrogens is 3. The van der Waals surface area contributed by atoms with Gasteiger partial charge in [0.05, 0.1) is 11.0 Å². The Morgan fingerprint density at radius 3 is 2.53 bits per heavy atom. The van der Waals surface area contributed by atoms with Crippen LogP contribution in [0.3, 0.4) is 0 Å². The molecule has 1 N–H and O–H groups in total. The van der Waals surface area contributed by atoms with Gasteiger partial charge in [-0.25, -0.2) is 18.7 Å². The number of hydrogen-bond acceptors (Lipinski definition) is 5. The number of imidazole rings is 1. The van der Waals surface area contributed by atoms with Gasteiger partial charge in [0.2, 0.25) is 12.4 Å². The van der Waals surface area contributed by atoms with E-state index in [2.05, 4.69) is 15.3 Å². The molecule has 2 aromatic carbocycles. The van der Waals surface area contributed by atoms with Crippen molar-refractivity contribution in [2.24, 2.45) is 7.05 Å². The van der Waals surface area contributed by atoms with E-state index in [0.717, 1.165) is 11.6 Å².